The number of methoxy groups -OCH3 is 1. The van der Waals surface area contributed by atoms with E-state index in [9.17, 15) is 18.0 Å². The Labute approximate surface area is 206 Å². The first kappa shape index (κ1) is 27.5. The molecule has 0 unspecified atom stereocenters. The Hall–Kier alpha value is -2.78. The third-order valence-electron chi connectivity index (χ3n) is 5.43. The molecule has 10 heteroatoms. The van der Waals surface area contributed by atoms with Crippen molar-refractivity contribution in [3.63, 3.8) is 0 Å². The van der Waals surface area contributed by atoms with Crippen LogP contribution in [-0.2, 0) is 26.2 Å². The maximum atomic E-state index is 13.6. The van der Waals surface area contributed by atoms with E-state index in [-0.39, 0.29) is 23.9 Å². The van der Waals surface area contributed by atoms with Crippen molar-refractivity contribution < 1.29 is 22.7 Å². The minimum Gasteiger partial charge on any atom is -0.495 e. The molecule has 186 valence electrons. The van der Waals surface area contributed by atoms with E-state index in [4.69, 9.17) is 16.3 Å². The molecule has 34 heavy (non-hydrogen) atoms. The lowest BCUT2D eigenvalue weighted by Gasteiger charge is -2.33. The van der Waals surface area contributed by atoms with Crippen molar-refractivity contribution in [2.75, 3.05) is 30.8 Å². The largest absolute Gasteiger partial charge is 0.495 e. The molecule has 0 aliphatic rings. The van der Waals surface area contributed by atoms with Gasteiger partial charge in [0, 0.05) is 18.1 Å². The van der Waals surface area contributed by atoms with Gasteiger partial charge in [-0.15, -0.1) is 0 Å². The normalized spacial score (nSPS) is 12.1. The van der Waals surface area contributed by atoms with Crippen LogP contribution in [-0.4, -0.2) is 57.6 Å². The smallest absolute Gasteiger partial charge is 0.244 e. The molecule has 2 amide bonds. The number of nitrogens with zero attached hydrogens (tertiary/aromatic N) is 2. The number of hydrogen-bond donors (Lipinski definition) is 1. The second-order valence-corrected chi connectivity index (χ2v) is 10.2. The number of nitrogens with one attached hydrogen (secondary N) is 1. The zero-order valence-electron chi connectivity index (χ0n) is 20.2. The number of carbonyl (C=O) groups is 2. The number of aryl methyl sites for hydroxylation is 1. The molecular weight excluding hydrogens is 478 g/mol. The molecule has 2 aromatic rings. The summed E-state index contributed by atoms with van der Waals surface area (Å²) >= 11 is 6.12. The Morgan fingerprint density at radius 2 is 1.82 bits per heavy atom. The van der Waals surface area contributed by atoms with Crippen LogP contribution >= 0.6 is 11.6 Å². The lowest BCUT2D eigenvalue weighted by molar-refractivity contribution is -0.140. The summed E-state index contributed by atoms with van der Waals surface area (Å²) in [4.78, 5) is 27.9. The predicted molar refractivity (Wildman–Crippen MR) is 135 cm³/mol. The van der Waals surface area contributed by atoms with Crippen molar-refractivity contribution in [3.05, 3.63) is 58.6 Å². The maximum absolute atomic E-state index is 13.6. The van der Waals surface area contributed by atoms with Gasteiger partial charge in [-0.3, -0.25) is 13.9 Å². The van der Waals surface area contributed by atoms with Gasteiger partial charge in [0.05, 0.1) is 19.1 Å². The van der Waals surface area contributed by atoms with Crippen LogP contribution in [0, 0.1) is 6.92 Å². The highest BCUT2D eigenvalue weighted by molar-refractivity contribution is 7.92. The highest BCUT2D eigenvalue weighted by Crippen LogP contribution is 2.33. The molecule has 8 nitrogen and oxygen atoms in total. The molecule has 0 saturated heterocycles. The van der Waals surface area contributed by atoms with Crippen molar-refractivity contribution in [3.8, 4) is 5.75 Å². The maximum Gasteiger partial charge on any atom is 0.244 e. The molecule has 2 aromatic carbocycles. The van der Waals surface area contributed by atoms with Gasteiger partial charge < -0.3 is 15.0 Å². The number of amides is 2. The van der Waals surface area contributed by atoms with Crippen LogP contribution < -0.4 is 14.4 Å². The summed E-state index contributed by atoms with van der Waals surface area (Å²) in [5, 5.41) is 3.07. The quantitative estimate of drug-likeness (QED) is 0.501. The highest BCUT2D eigenvalue weighted by atomic mass is 35.5. The summed E-state index contributed by atoms with van der Waals surface area (Å²) in [6, 6.07) is 11.3. The Morgan fingerprint density at radius 3 is 2.38 bits per heavy atom. The first-order chi connectivity index (χ1) is 16.0. The predicted octanol–water partition coefficient (Wildman–Crippen LogP) is 3.37. The van der Waals surface area contributed by atoms with E-state index in [1.807, 2.05) is 38.1 Å². The van der Waals surface area contributed by atoms with Gasteiger partial charge in [0.1, 0.15) is 18.3 Å². The molecule has 0 heterocycles. The third kappa shape index (κ3) is 6.87. The van der Waals surface area contributed by atoms with E-state index in [0.717, 1.165) is 21.7 Å². The molecule has 0 spiro atoms. The average molecular weight is 510 g/mol. The number of likely N-dealkylation sites (N-methyl/N-ethyl adjacent to an activating group) is 1. The fourth-order valence-electron chi connectivity index (χ4n) is 3.64. The number of ether oxygens (including phenoxy) is 1. The average Bonchev–Trinajstić information content (AvgIpc) is 2.77. The molecule has 0 aliphatic heterocycles. The lowest BCUT2D eigenvalue weighted by Crippen LogP contribution is -2.52. The van der Waals surface area contributed by atoms with Crippen molar-refractivity contribution in [1.82, 2.24) is 10.2 Å². The first-order valence-electron chi connectivity index (χ1n) is 11.0. The van der Waals surface area contributed by atoms with Crippen LogP contribution in [0.2, 0.25) is 5.02 Å². The Morgan fingerprint density at radius 1 is 1.15 bits per heavy atom. The second kappa shape index (κ2) is 12.1. The van der Waals surface area contributed by atoms with Crippen molar-refractivity contribution in [2.24, 2.45) is 0 Å². The van der Waals surface area contributed by atoms with E-state index < -0.39 is 28.5 Å². The fraction of sp³-hybridized carbons (Fsp3) is 0.417. The summed E-state index contributed by atoms with van der Waals surface area (Å²) in [5.41, 5.74) is 1.97. The van der Waals surface area contributed by atoms with E-state index >= 15 is 0 Å². The summed E-state index contributed by atoms with van der Waals surface area (Å²) in [7, 11) is -2.49. The van der Waals surface area contributed by atoms with E-state index in [1.165, 1.54) is 24.1 Å². The van der Waals surface area contributed by atoms with Gasteiger partial charge in [0.15, 0.2) is 0 Å². The number of rotatable bonds is 11. The molecule has 0 bridgehead atoms. The standard InChI is InChI=1S/C24H32ClN3O5S/c1-6-20(24(30)26-7-2)27(15-18-11-9-8-10-17(18)3)23(29)16-28(34(5,31)32)21-14-19(25)12-13-22(21)33-4/h8-14,20H,6-7,15-16H2,1-5H3,(H,26,30)/t20-/m0/s1. The SMILES string of the molecule is CCNC(=O)[C@H](CC)N(Cc1ccccc1C)C(=O)CN(c1cc(Cl)ccc1OC)S(C)(=O)=O. The van der Waals surface area contributed by atoms with Gasteiger partial charge in [0.25, 0.3) is 0 Å². The number of hydrogen-bond acceptors (Lipinski definition) is 5. The molecular formula is C24H32ClN3O5S. The molecule has 2 rings (SSSR count). The van der Waals surface area contributed by atoms with Crippen LogP contribution in [0.4, 0.5) is 5.69 Å². The van der Waals surface area contributed by atoms with E-state index in [1.54, 1.807) is 13.0 Å². The topological polar surface area (TPSA) is 96.0 Å². The Kier molecular flexibility index (Phi) is 9.76. The summed E-state index contributed by atoms with van der Waals surface area (Å²) in [6.45, 7) is 5.59. The van der Waals surface area contributed by atoms with Crippen LogP contribution in [0.15, 0.2) is 42.5 Å². The highest BCUT2D eigenvalue weighted by Gasteiger charge is 2.32. The number of anilines is 1. The van der Waals surface area contributed by atoms with Crippen molar-refractivity contribution in [1.29, 1.82) is 0 Å². The van der Waals surface area contributed by atoms with Gasteiger partial charge in [-0.1, -0.05) is 42.8 Å². The van der Waals surface area contributed by atoms with E-state index in [2.05, 4.69) is 5.32 Å². The molecule has 0 aliphatic carbocycles. The Bertz CT molecular complexity index is 1120. The first-order valence-corrected chi connectivity index (χ1v) is 13.2. The number of carbonyl (C=O) groups excluding carboxylic acids is 2. The van der Waals surface area contributed by atoms with Crippen LogP contribution in [0.1, 0.15) is 31.4 Å². The van der Waals surface area contributed by atoms with Crippen molar-refractivity contribution in [2.45, 2.75) is 39.8 Å². The second-order valence-electron chi connectivity index (χ2n) is 7.85. The zero-order chi connectivity index (χ0) is 25.5. The third-order valence-corrected chi connectivity index (χ3v) is 6.79. The zero-order valence-corrected chi connectivity index (χ0v) is 21.7. The lowest BCUT2D eigenvalue weighted by atomic mass is 10.1. The van der Waals surface area contributed by atoms with Gasteiger partial charge >= 0.3 is 0 Å². The molecule has 0 aromatic heterocycles. The van der Waals surface area contributed by atoms with Crippen LogP contribution in [0.25, 0.3) is 0 Å². The molecule has 0 saturated carbocycles. The summed E-state index contributed by atoms with van der Waals surface area (Å²) in [5.74, 6) is -0.559. The minimum atomic E-state index is -3.89. The molecule has 0 radical (unpaired) electrons. The minimum absolute atomic E-state index is 0.146. The summed E-state index contributed by atoms with van der Waals surface area (Å²) in [6.07, 6.45) is 1.37. The van der Waals surface area contributed by atoms with Crippen LogP contribution in [0.3, 0.4) is 0 Å². The van der Waals surface area contributed by atoms with Gasteiger partial charge in [-0.05, 0) is 49.6 Å². The van der Waals surface area contributed by atoms with Gasteiger partial charge in [0.2, 0.25) is 21.8 Å². The van der Waals surface area contributed by atoms with E-state index in [0.29, 0.717) is 18.0 Å². The monoisotopic (exact) mass is 509 g/mol. The van der Waals surface area contributed by atoms with Crippen LogP contribution in [0.5, 0.6) is 5.75 Å². The fourth-order valence-corrected chi connectivity index (χ4v) is 4.65. The number of halogens is 1. The summed E-state index contributed by atoms with van der Waals surface area (Å²) < 4.78 is 31.7. The van der Waals surface area contributed by atoms with Gasteiger partial charge in [-0.25, -0.2) is 8.42 Å². The number of benzene rings is 2. The number of sulfonamides is 1. The molecule has 1 N–H and O–H groups in total. The molecule has 0 fully saturated rings. The Balaban J connectivity index is 2.52. The van der Waals surface area contributed by atoms with Crippen molar-refractivity contribution >= 4 is 39.1 Å². The molecule has 1 atom stereocenters. The van der Waals surface area contributed by atoms with Gasteiger partial charge in [-0.2, -0.15) is 0 Å².